The van der Waals surface area contributed by atoms with Gasteiger partial charge in [0.1, 0.15) is 5.69 Å². The molecule has 1 saturated heterocycles. The molecule has 1 aliphatic heterocycles. The van der Waals surface area contributed by atoms with Gasteiger partial charge in [0.25, 0.3) is 0 Å². The summed E-state index contributed by atoms with van der Waals surface area (Å²) in [6.07, 6.45) is 4.70. The van der Waals surface area contributed by atoms with Gasteiger partial charge in [-0.05, 0) is 25.5 Å². The van der Waals surface area contributed by atoms with Gasteiger partial charge in [0.15, 0.2) is 4.96 Å². The number of imidazole rings is 1. The lowest BCUT2D eigenvalue weighted by Gasteiger charge is -2.22. The quantitative estimate of drug-likeness (QED) is 0.921. The molecule has 1 aliphatic rings. The van der Waals surface area contributed by atoms with E-state index in [1.165, 1.54) is 18.6 Å². The molecule has 0 radical (unpaired) electrons. The van der Waals surface area contributed by atoms with Crippen molar-refractivity contribution >= 4 is 28.1 Å². The van der Waals surface area contributed by atoms with E-state index in [4.69, 9.17) is 4.74 Å². The van der Waals surface area contributed by atoms with Gasteiger partial charge in [-0.3, -0.25) is 4.40 Å². The minimum Gasteiger partial charge on any atom is -0.480 e. The number of nitrogens with zero attached hydrogens (tertiary/aromatic N) is 2. The van der Waals surface area contributed by atoms with E-state index in [2.05, 4.69) is 45.0 Å². The van der Waals surface area contributed by atoms with Gasteiger partial charge in [-0.15, -0.1) is 11.3 Å². The van der Waals surface area contributed by atoms with Gasteiger partial charge in [-0.1, -0.05) is 0 Å². The van der Waals surface area contributed by atoms with E-state index in [0.29, 0.717) is 4.75 Å². The van der Waals surface area contributed by atoms with Crippen LogP contribution in [0.4, 0.5) is 0 Å². The molecule has 1 atom stereocenters. The molecule has 0 saturated carbocycles. The van der Waals surface area contributed by atoms with Crippen LogP contribution in [-0.4, -0.2) is 33.5 Å². The standard InChI is InChI=1S/C13H19N3OS2/c1-13(4-3-6-19-13)9-14-8-10-11(17-2)15-12-16(10)5-7-18-12/h5,7,14H,3-4,6,8-9H2,1-2H3. The van der Waals surface area contributed by atoms with E-state index < -0.39 is 0 Å². The number of thioether (sulfide) groups is 1. The van der Waals surface area contributed by atoms with Gasteiger partial charge in [0.05, 0.1) is 7.11 Å². The van der Waals surface area contributed by atoms with E-state index in [1.807, 2.05) is 0 Å². The zero-order valence-electron chi connectivity index (χ0n) is 11.3. The molecular formula is C13H19N3OS2. The summed E-state index contributed by atoms with van der Waals surface area (Å²) in [5.74, 6) is 2.03. The SMILES string of the molecule is COc1nc2sccn2c1CNCC1(C)CCCS1. The molecule has 104 valence electrons. The minimum absolute atomic E-state index is 0.395. The number of methoxy groups -OCH3 is 1. The summed E-state index contributed by atoms with van der Waals surface area (Å²) < 4.78 is 7.87. The molecule has 0 bridgehead atoms. The molecule has 2 aromatic rings. The van der Waals surface area contributed by atoms with Crippen LogP contribution in [0.3, 0.4) is 0 Å². The fourth-order valence-corrected chi connectivity index (χ4v) is 4.56. The smallest absolute Gasteiger partial charge is 0.237 e. The summed E-state index contributed by atoms with van der Waals surface area (Å²) in [7, 11) is 1.68. The van der Waals surface area contributed by atoms with Crippen molar-refractivity contribution in [3.05, 3.63) is 17.3 Å². The van der Waals surface area contributed by atoms with Crippen LogP contribution in [0.25, 0.3) is 4.96 Å². The van der Waals surface area contributed by atoms with Crippen molar-refractivity contribution in [1.29, 1.82) is 0 Å². The number of ether oxygens (including phenoxy) is 1. The Kier molecular flexibility index (Phi) is 3.73. The Bertz CT molecular complexity index is 557. The molecule has 3 rings (SSSR count). The highest BCUT2D eigenvalue weighted by molar-refractivity contribution is 8.00. The van der Waals surface area contributed by atoms with Crippen molar-refractivity contribution in [3.8, 4) is 5.88 Å². The van der Waals surface area contributed by atoms with E-state index in [0.717, 1.165) is 29.6 Å². The molecule has 2 aromatic heterocycles. The monoisotopic (exact) mass is 297 g/mol. The second kappa shape index (κ2) is 5.34. The van der Waals surface area contributed by atoms with Crippen molar-refractivity contribution in [3.63, 3.8) is 0 Å². The molecule has 0 aromatic carbocycles. The average molecular weight is 297 g/mol. The Balaban J connectivity index is 1.69. The van der Waals surface area contributed by atoms with Gasteiger partial charge in [-0.25, -0.2) is 0 Å². The molecule has 4 nitrogen and oxygen atoms in total. The van der Waals surface area contributed by atoms with E-state index in [1.54, 1.807) is 18.4 Å². The fourth-order valence-electron chi connectivity index (χ4n) is 2.56. The molecule has 19 heavy (non-hydrogen) atoms. The molecule has 0 amide bonds. The minimum atomic E-state index is 0.395. The summed E-state index contributed by atoms with van der Waals surface area (Å²) in [6.45, 7) is 4.20. The highest BCUT2D eigenvalue weighted by Crippen LogP contribution is 2.37. The van der Waals surface area contributed by atoms with Crippen molar-refractivity contribution in [2.45, 2.75) is 31.1 Å². The van der Waals surface area contributed by atoms with Crippen molar-refractivity contribution in [2.24, 2.45) is 0 Å². The predicted molar refractivity (Wildman–Crippen MR) is 81.4 cm³/mol. The number of hydrogen-bond acceptors (Lipinski definition) is 5. The average Bonchev–Trinajstić information content (AvgIpc) is 3.06. The lowest BCUT2D eigenvalue weighted by molar-refractivity contribution is 0.392. The fraction of sp³-hybridized carbons (Fsp3) is 0.615. The van der Waals surface area contributed by atoms with Crippen LogP contribution in [0.5, 0.6) is 5.88 Å². The van der Waals surface area contributed by atoms with E-state index in [9.17, 15) is 0 Å². The second-order valence-corrected chi connectivity index (χ2v) is 7.68. The molecule has 3 heterocycles. The molecule has 1 unspecified atom stereocenters. The highest BCUT2D eigenvalue weighted by atomic mass is 32.2. The Morgan fingerprint density at radius 3 is 3.21 bits per heavy atom. The third-order valence-corrected chi connectivity index (χ3v) is 5.90. The molecule has 1 N–H and O–H groups in total. The summed E-state index contributed by atoms with van der Waals surface area (Å²) in [5, 5.41) is 5.62. The Labute approximate surface area is 121 Å². The molecule has 6 heteroatoms. The summed E-state index contributed by atoms with van der Waals surface area (Å²) in [5.41, 5.74) is 1.12. The number of thiazole rings is 1. The lowest BCUT2D eigenvalue weighted by Crippen LogP contribution is -2.32. The second-order valence-electron chi connectivity index (χ2n) is 5.13. The maximum Gasteiger partial charge on any atom is 0.237 e. The van der Waals surface area contributed by atoms with Gasteiger partial charge in [-0.2, -0.15) is 16.7 Å². The van der Waals surface area contributed by atoms with Crippen LogP contribution < -0.4 is 10.1 Å². The van der Waals surface area contributed by atoms with Crippen LogP contribution in [-0.2, 0) is 6.54 Å². The maximum atomic E-state index is 5.37. The molecule has 0 spiro atoms. The van der Waals surface area contributed by atoms with Crippen LogP contribution >= 0.6 is 23.1 Å². The van der Waals surface area contributed by atoms with Gasteiger partial charge in [0, 0.05) is 29.4 Å². The lowest BCUT2D eigenvalue weighted by atomic mass is 10.1. The Morgan fingerprint density at radius 1 is 1.58 bits per heavy atom. The summed E-state index contributed by atoms with van der Waals surface area (Å²) >= 11 is 3.72. The molecular weight excluding hydrogens is 278 g/mol. The highest BCUT2D eigenvalue weighted by Gasteiger charge is 2.29. The first-order chi connectivity index (χ1) is 9.22. The van der Waals surface area contributed by atoms with Crippen LogP contribution in [0, 0.1) is 0 Å². The van der Waals surface area contributed by atoms with E-state index in [-0.39, 0.29) is 0 Å². The first kappa shape index (κ1) is 13.3. The van der Waals surface area contributed by atoms with Crippen molar-refractivity contribution < 1.29 is 4.74 Å². The molecule has 0 aliphatic carbocycles. The Morgan fingerprint density at radius 2 is 2.47 bits per heavy atom. The number of aromatic nitrogens is 2. The first-order valence-electron chi connectivity index (χ1n) is 6.55. The first-order valence-corrected chi connectivity index (χ1v) is 8.41. The normalized spacial score (nSPS) is 23.3. The maximum absolute atomic E-state index is 5.37. The summed E-state index contributed by atoms with van der Waals surface area (Å²) in [6, 6.07) is 0. The third-order valence-electron chi connectivity index (χ3n) is 3.61. The number of hydrogen-bond donors (Lipinski definition) is 1. The predicted octanol–water partition coefficient (Wildman–Crippen LogP) is 2.78. The van der Waals surface area contributed by atoms with Crippen LogP contribution in [0.2, 0.25) is 0 Å². The van der Waals surface area contributed by atoms with E-state index >= 15 is 0 Å². The van der Waals surface area contributed by atoms with Gasteiger partial charge >= 0.3 is 0 Å². The van der Waals surface area contributed by atoms with Crippen molar-refractivity contribution in [2.75, 3.05) is 19.4 Å². The van der Waals surface area contributed by atoms with Gasteiger partial charge in [0.2, 0.25) is 5.88 Å². The Hall–Kier alpha value is -0.720. The van der Waals surface area contributed by atoms with Gasteiger partial charge < -0.3 is 10.1 Å². The number of fused-ring (bicyclic) bond motifs is 1. The zero-order chi connectivity index (χ0) is 13.3. The third kappa shape index (κ3) is 2.61. The number of nitrogens with one attached hydrogen (secondary N) is 1. The van der Waals surface area contributed by atoms with Crippen LogP contribution in [0.1, 0.15) is 25.5 Å². The van der Waals surface area contributed by atoms with Crippen molar-refractivity contribution in [1.82, 2.24) is 14.7 Å². The van der Waals surface area contributed by atoms with Crippen LogP contribution in [0.15, 0.2) is 11.6 Å². The number of rotatable bonds is 5. The summed E-state index contributed by atoms with van der Waals surface area (Å²) in [4.78, 5) is 5.47. The largest absolute Gasteiger partial charge is 0.480 e. The zero-order valence-corrected chi connectivity index (χ0v) is 12.9. The topological polar surface area (TPSA) is 38.6 Å². The molecule has 1 fully saturated rings.